The molecule has 13 heavy (non-hydrogen) atoms. The Morgan fingerprint density at radius 2 is 1.23 bits per heavy atom. The summed E-state index contributed by atoms with van der Waals surface area (Å²) in [7, 11) is -3.18. The summed E-state index contributed by atoms with van der Waals surface area (Å²) >= 11 is 0. The average molecular weight is 256 g/mol. The molecular weight excluding hydrogens is 238 g/mol. The van der Waals surface area contributed by atoms with Crippen LogP contribution in [0.2, 0.25) is 0 Å². The van der Waals surface area contributed by atoms with E-state index < -0.39 is 8.25 Å². The Morgan fingerprint density at radius 1 is 1.08 bits per heavy atom. The maximum Gasteiger partial charge on any atom is 2.00 e. The van der Waals surface area contributed by atoms with E-state index in [1.54, 1.807) is 0 Å². The standard InChI is InChI=1S/C6H15P.Ca.H3O3P.H2O/c1-4-7(5-2)6-3;;1-4(2)3;/h4-6H2,1-3H3;;4H,(H2,1,2,3);1H2/q;+2;;/p-2. The fourth-order valence-corrected chi connectivity index (χ4v) is 2.01. The maximum atomic E-state index is 8.52. The van der Waals surface area contributed by atoms with E-state index in [0.29, 0.717) is 7.92 Å². The fourth-order valence-electron chi connectivity index (χ4n) is 0.671. The predicted octanol–water partition coefficient (Wildman–Crippen LogP) is -0.581. The van der Waals surface area contributed by atoms with Crippen molar-refractivity contribution in [3.05, 3.63) is 0 Å². The van der Waals surface area contributed by atoms with Crippen molar-refractivity contribution in [2.24, 2.45) is 0 Å². The normalized spacial score (nSPS) is 8.23. The van der Waals surface area contributed by atoms with Crippen molar-refractivity contribution in [3.63, 3.8) is 0 Å². The van der Waals surface area contributed by atoms with E-state index in [1.807, 2.05) is 0 Å². The first-order valence-electron chi connectivity index (χ1n) is 3.68. The maximum absolute atomic E-state index is 8.52. The molecule has 0 unspecified atom stereocenters. The minimum atomic E-state index is -3.63. The predicted molar refractivity (Wildman–Crippen MR) is 56.9 cm³/mol. The van der Waals surface area contributed by atoms with Gasteiger partial charge in [-0.1, -0.05) is 29.0 Å². The van der Waals surface area contributed by atoms with Gasteiger partial charge >= 0.3 is 37.7 Å². The summed E-state index contributed by atoms with van der Waals surface area (Å²) in [6.45, 7) is 6.87. The van der Waals surface area contributed by atoms with E-state index in [-0.39, 0.29) is 43.2 Å². The topological polar surface area (TPSA) is 94.7 Å². The quantitative estimate of drug-likeness (QED) is 0.499. The van der Waals surface area contributed by atoms with Crippen LogP contribution in [-0.4, -0.2) is 61.7 Å². The summed E-state index contributed by atoms with van der Waals surface area (Å²) in [4.78, 5) is 17.0. The Morgan fingerprint density at radius 3 is 1.23 bits per heavy atom. The van der Waals surface area contributed by atoms with Crippen molar-refractivity contribution in [1.29, 1.82) is 0 Å². The number of rotatable bonds is 3. The van der Waals surface area contributed by atoms with Crippen LogP contribution in [0.3, 0.4) is 0 Å². The Hall–Kier alpha value is 1.80. The summed E-state index contributed by atoms with van der Waals surface area (Å²) in [6, 6.07) is 0. The first-order valence-corrected chi connectivity index (χ1v) is 6.80. The molecule has 78 valence electrons. The molecule has 0 aliphatic heterocycles. The molecule has 0 saturated carbocycles. The van der Waals surface area contributed by atoms with Crippen LogP contribution < -0.4 is 9.79 Å². The number of hydrogen-bond acceptors (Lipinski definition) is 3. The SMILES string of the molecule is CCP(CC)CC.O.O=[PH]([O-])[O-].[Ca+2]. The molecule has 4 nitrogen and oxygen atoms in total. The van der Waals surface area contributed by atoms with Gasteiger partial charge in [0, 0.05) is 0 Å². The zero-order chi connectivity index (χ0) is 9.28. The second-order valence-corrected chi connectivity index (χ2v) is 5.61. The molecule has 0 radical (unpaired) electrons. The number of hydrogen-bond donors (Lipinski definition) is 0. The molecule has 0 atom stereocenters. The van der Waals surface area contributed by atoms with Crippen molar-refractivity contribution in [2.45, 2.75) is 20.8 Å². The molecule has 0 aliphatic rings. The van der Waals surface area contributed by atoms with Crippen molar-refractivity contribution in [2.75, 3.05) is 18.5 Å². The summed E-state index contributed by atoms with van der Waals surface area (Å²) in [6.07, 6.45) is 4.26. The summed E-state index contributed by atoms with van der Waals surface area (Å²) < 4.78 is 8.52. The first kappa shape index (κ1) is 24.2. The van der Waals surface area contributed by atoms with Crippen molar-refractivity contribution >= 4 is 53.9 Å². The van der Waals surface area contributed by atoms with Crippen molar-refractivity contribution in [3.8, 4) is 0 Å². The van der Waals surface area contributed by atoms with Crippen LogP contribution in [0.5, 0.6) is 0 Å². The molecule has 0 saturated heterocycles. The van der Waals surface area contributed by atoms with Gasteiger partial charge in [-0.05, 0) is 18.5 Å². The zero-order valence-electron chi connectivity index (χ0n) is 8.50. The summed E-state index contributed by atoms with van der Waals surface area (Å²) in [5.74, 6) is 0. The Labute approximate surface area is 112 Å². The molecule has 0 aromatic heterocycles. The second-order valence-electron chi connectivity index (χ2n) is 1.87. The Bertz CT molecular complexity index is 91.1. The van der Waals surface area contributed by atoms with Gasteiger partial charge in [0.25, 0.3) is 0 Å². The van der Waals surface area contributed by atoms with Gasteiger partial charge in [-0.2, -0.15) is 0 Å². The fraction of sp³-hybridized carbons (Fsp3) is 1.00. The third-order valence-corrected chi connectivity index (χ3v) is 4.02. The third kappa shape index (κ3) is 31.6. The molecule has 0 bridgehead atoms. The molecule has 0 heterocycles. The summed E-state index contributed by atoms with van der Waals surface area (Å²) in [5, 5.41) is 0. The van der Waals surface area contributed by atoms with E-state index in [9.17, 15) is 0 Å². The van der Waals surface area contributed by atoms with E-state index >= 15 is 0 Å². The van der Waals surface area contributed by atoms with Gasteiger partial charge in [-0.25, -0.2) is 0 Å². The first-order chi connectivity index (χ1) is 5.08. The van der Waals surface area contributed by atoms with Gasteiger partial charge in [-0.3, -0.25) is 0 Å². The van der Waals surface area contributed by atoms with Gasteiger partial charge in [-0.15, -0.1) is 7.92 Å². The van der Waals surface area contributed by atoms with E-state index in [4.69, 9.17) is 14.4 Å². The molecule has 0 aromatic carbocycles. The van der Waals surface area contributed by atoms with Crippen molar-refractivity contribution in [1.82, 2.24) is 0 Å². The van der Waals surface area contributed by atoms with E-state index in [2.05, 4.69) is 20.8 Å². The summed E-state index contributed by atoms with van der Waals surface area (Å²) in [5.41, 5.74) is 0. The van der Waals surface area contributed by atoms with Crippen LogP contribution in [0.4, 0.5) is 0 Å². The minimum Gasteiger partial charge on any atom is -0.813 e. The van der Waals surface area contributed by atoms with Crippen LogP contribution in [0.15, 0.2) is 0 Å². The van der Waals surface area contributed by atoms with Crippen LogP contribution in [0.25, 0.3) is 0 Å². The second kappa shape index (κ2) is 19.4. The molecule has 0 amide bonds. The third-order valence-electron chi connectivity index (χ3n) is 1.34. The molecule has 2 N–H and O–H groups in total. The molecule has 0 spiro atoms. The average Bonchev–Trinajstić information content (AvgIpc) is 1.90. The van der Waals surface area contributed by atoms with Gasteiger partial charge < -0.3 is 19.8 Å². The van der Waals surface area contributed by atoms with Gasteiger partial charge in [0.05, 0.1) is 0 Å². The van der Waals surface area contributed by atoms with E-state index in [1.165, 1.54) is 18.5 Å². The molecule has 0 rings (SSSR count). The largest absolute Gasteiger partial charge is 2.00 e. The molecule has 0 aromatic rings. The van der Waals surface area contributed by atoms with E-state index in [0.717, 1.165) is 0 Å². The van der Waals surface area contributed by atoms with Gasteiger partial charge in [0.1, 0.15) is 0 Å². The van der Waals surface area contributed by atoms with Gasteiger partial charge in [0.15, 0.2) is 0 Å². The van der Waals surface area contributed by atoms with Crippen LogP contribution in [-0.2, 0) is 4.57 Å². The van der Waals surface area contributed by atoms with Crippen LogP contribution in [0, 0.1) is 0 Å². The van der Waals surface area contributed by atoms with Crippen LogP contribution in [0.1, 0.15) is 20.8 Å². The smallest absolute Gasteiger partial charge is 0.813 e. The van der Waals surface area contributed by atoms with Gasteiger partial charge in [0.2, 0.25) is 0 Å². The zero-order valence-corrected chi connectivity index (χ0v) is 12.6. The Kier molecular flexibility index (Phi) is 36.0. The molecule has 0 aliphatic carbocycles. The Balaban J connectivity index is -0.0000000600. The van der Waals surface area contributed by atoms with Crippen molar-refractivity contribution < 1.29 is 19.8 Å². The van der Waals surface area contributed by atoms with Crippen LogP contribution >= 0.6 is 16.2 Å². The monoisotopic (exact) mass is 256 g/mol. The molecule has 0 fully saturated rings. The molecule has 7 heteroatoms. The minimum absolute atomic E-state index is 0. The molecular formula is C6H18CaO4P2.